The van der Waals surface area contributed by atoms with Crippen molar-refractivity contribution < 1.29 is 5.11 Å². The molecule has 0 fully saturated rings. The number of hydrogen-bond acceptors (Lipinski definition) is 6. The zero-order chi connectivity index (χ0) is 22.7. The van der Waals surface area contributed by atoms with Gasteiger partial charge in [0.15, 0.2) is 0 Å². The van der Waals surface area contributed by atoms with Crippen molar-refractivity contribution in [2.45, 2.75) is 12.3 Å². The Morgan fingerprint density at radius 1 is 1.22 bits per heavy atom. The molecule has 2 heterocycles. The maximum Gasteiger partial charge on any atom is 0.350 e. The highest BCUT2D eigenvalue weighted by atomic mass is 16.3. The summed E-state index contributed by atoms with van der Waals surface area (Å²) in [4.78, 5) is 23.6. The Morgan fingerprint density at radius 2 is 1.94 bits per heavy atom. The van der Waals surface area contributed by atoms with Crippen molar-refractivity contribution in [2.75, 3.05) is 0 Å². The lowest BCUT2D eigenvalue weighted by atomic mass is 9.89. The molecule has 0 amide bonds. The molecule has 2 aromatic carbocycles. The Labute approximate surface area is 183 Å². The zero-order valence-electron chi connectivity index (χ0n) is 17.1. The smallest absolute Gasteiger partial charge is 0.350 e. The fourth-order valence-corrected chi connectivity index (χ4v) is 3.44. The predicted molar refractivity (Wildman–Crippen MR) is 121 cm³/mol. The molecule has 0 bridgehead atoms. The van der Waals surface area contributed by atoms with E-state index in [1.807, 2.05) is 18.2 Å². The number of phenolic OH excluding ortho intramolecular Hbond substituents is 1. The molecule has 5 N–H and O–H groups in total. The molecule has 0 aliphatic carbocycles. The van der Waals surface area contributed by atoms with Crippen molar-refractivity contribution >= 4 is 11.9 Å². The summed E-state index contributed by atoms with van der Waals surface area (Å²) in [6.45, 7) is 3.78. The van der Waals surface area contributed by atoms with Crippen LogP contribution in [0.1, 0.15) is 34.0 Å². The lowest BCUT2D eigenvalue weighted by Gasteiger charge is -2.16. The van der Waals surface area contributed by atoms with Gasteiger partial charge in [-0.3, -0.25) is 10.4 Å². The number of nitrogens with zero attached hydrogens (tertiary/aromatic N) is 4. The number of rotatable bonds is 7. The molecule has 9 heteroatoms. The predicted octanol–water partition coefficient (Wildman–Crippen LogP) is 2.36. The van der Waals surface area contributed by atoms with Crippen LogP contribution in [0.3, 0.4) is 0 Å². The summed E-state index contributed by atoms with van der Waals surface area (Å²) >= 11 is 0. The normalized spacial score (nSPS) is 11.8. The number of benzene rings is 2. The number of nitrogens with two attached hydrogens (primary N) is 1. The van der Waals surface area contributed by atoms with Crippen molar-refractivity contribution in [1.82, 2.24) is 24.7 Å². The number of nitrogen functional groups attached to an aromatic ring is 1. The van der Waals surface area contributed by atoms with E-state index in [0.29, 0.717) is 17.8 Å². The Balaban J connectivity index is 1.79. The van der Waals surface area contributed by atoms with E-state index in [0.717, 1.165) is 21.4 Å². The maximum atomic E-state index is 12.6. The Morgan fingerprint density at radius 3 is 2.59 bits per heavy atom. The van der Waals surface area contributed by atoms with E-state index in [2.05, 4.69) is 26.6 Å². The van der Waals surface area contributed by atoms with Crippen LogP contribution in [-0.4, -0.2) is 35.7 Å². The van der Waals surface area contributed by atoms with Crippen LogP contribution < -0.4 is 11.4 Å². The van der Waals surface area contributed by atoms with Gasteiger partial charge < -0.3 is 10.8 Å². The first-order valence-electron chi connectivity index (χ1n) is 9.81. The second-order valence-corrected chi connectivity index (χ2v) is 7.21. The highest BCUT2D eigenvalue weighted by Gasteiger charge is 2.22. The van der Waals surface area contributed by atoms with Crippen LogP contribution in [0.4, 0.5) is 0 Å². The fraction of sp³-hybridized carbons (Fsp3) is 0.0870. The molecule has 0 saturated heterocycles. The van der Waals surface area contributed by atoms with Crippen molar-refractivity contribution in [2.24, 2.45) is 5.73 Å². The lowest BCUT2D eigenvalue weighted by molar-refractivity contribution is 0.473. The van der Waals surface area contributed by atoms with Crippen LogP contribution in [0.15, 0.2) is 72.3 Å². The van der Waals surface area contributed by atoms with E-state index in [1.165, 1.54) is 12.4 Å². The number of hydrogen-bond donors (Lipinski definition) is 4. The SMILES string of the molecule is C=Cc1cc(O)cc(C(Cc2ccc(C(=N)N)cc2)c2nn(-c3ncccn3)c(=O)[nH]2)c1. The van der Waals surface area contributed by atoms with Gasteiger partial charge in [0.05, 0.1) is 0 Å². The van der Waals surface area contributed by atoms with Crippen LogP contribution in [-0.2, 0) is 6.42 Å². The van der Waals surface area contributed by atoms with Crippen LogP contribution in [0.5, 0.6) is 5.75 Å². The molecule has 0 radical (unpaired) electrons. The summed E-state index contributed by atoms with van der Waals surface area (Å²) in [6, 6.07) is 14.1. The Kier molecular flexibility index (Phi) is 5.63. The third kappa shape index (κ3) is 4.31. The molecular weight excluding hydrogens is 406 g/mol. The number of H-pyrrole nitrogens is 1. The van der Waals surface area contributed by atoms with Gasteiger partial charge in [0.25, 0.3) is 5.95 Å². The maximum absolute atomic E-state index is 12.6. The largest absolute Gasteiger partial charge is 0.508 e. The molecule has 1 unspecified atom stereocenters. The van der Waals surface area contributed by atoms with Gasteiger partial charge in [-0.2, -0.15) is 0 Å². The third-order valence-electron chi connectivity index (χ3n) is 5.01. The van der Waals surface area contributed by atoms with Crippen LogP contribution in [0.25, 0.3) is 12.0 Å². The number of aromatic nitrogens is 5. The van der Waals surface area contributed by atoms with E-state index in [-0.39, 0.29) is 23.5 Å². The molecule has 1 atom stereocenters. The van der Waals surface area contributed by atoms with E-state index in [1.54, 1.807) is 36.4 Å². The van der Waals surface area contributed by atoms with E-state index in [9.17, 15) is 9.90 Å². The number of amidine groups is 1. The summed E-state index contributed by atoms with van der Waals surface area (Å²) in [5.41, 5.74) is 8.14. The van der Waals surface area contributed by atoms with Gasteiger partial charge in [-0.15, -0.1) is 9.78 Å². The van der Waals surface area contributed by atoms with Gasteiger partial charge in [0, 0.05) is 23.9 Å². The molecule has 2 aromatic heterocycles. The van der Waals surface area contributed by atoms with Crippen LogP contribution in [0, 0.1) is 5.41 Å². The molecule has 4 rings (SSSR count). The van der Waals surface area contributed by atoms with Crippen molar-refractivity contribution in [3.8, 4) is 11.7 Å². The number of aromatic hydroxyl groups is 1. The molecular formula is C23H21N7O2. The molecule has 0 saturated carbocycles. The van der Waals surface area contributed by atoms with Crippen molar-refractivity contribution in [3.05, 3.63) is 106 Å². The summed E-state index contributed by atoms with van der Waals surface area (Å²) in [7, 11) is 0. The molecule has 4 aromatic rings. The second kappa shape index (κ2) is 8.68. The summed E-state index contributed by atoms with van der Waals surface area (Å²) in [5, 5.41) is 22.2. The molecule has 9 nitrogen and oxygen atoms in total. The summed E-state index contributed by atoms with van der Waals surface area (Å²) < 4.78 is 1.11. The van der Waals surface area contributed by atoms with Gasteiger partial charge in [0.2, 0.25) is 0 Å². The van der Waals surface area contributed by atoms with E-state index < -0.39 is 5.69 Å². The third-order valence-corrected chi connectivity index (χ3v) is 5.01. The molecule has 160 valence electrons. The summed E-state index contributed by atoms with van der Waals surface area (Å²) in [6.07, 6.45) is 5.17. The molecule has 32 heavy (non-hydrogen) atoms. The quantitative estimate of drug-likeness (QED) is 0.263. The number of aromatic amines is 1. The number of phenols is 1. The van der Waals surface area contributed by atoms with E-state index in [4.69, 9.17) is 11.1 Å². The standard InChI is InChI=1S/C23H21N7O2/c1-2-14-10-17(13-18(31)11-14)19(12-15-4-6-16(7-5-15)20(24)25)21-28-23(32)30(29-21)22-26-8-3-9-27-22/h2-11,13,19,31H,1,12H2,(H3,24,25)(H,28,29,32). The minimum Gasteiger partial charge on any atom is -0.508 e. The second-order valence-electron chi connectivity index (χ2n) is 7.21. The summed E-state index contributed by atoms with van der Waals surface area (Å²) in [5.74, 6) is 0.248. The van der Waals surface area contributed by atoms with Crippen molar-refractivity contribution in [3.63, 3.8) is 0 Å². The Bertz CT molecular complexity index is 1320. The first kappa shape index (κ1) is 20.7. The number of nitrogens with one attached hydrogen (secondary N) is 2. The minimum absolute atomic E-state index is 0.0114. The van der Waals surface area contributed by atoms with Crippen LogP contribution in [0.2, 0.25) is 0 Å². The average molecular weight is 427 g/mol. The first-order valence-corrected chi connectivity index (χ1v) is 9.81. The van der Waals surface area contributed by atoms with Gasteiger partial charge in [-0.25, -0.2) is 14.8 Å². The van der Waals surface area contributed by atoms with E-state index >= 15 is 0 Å². The minimum atomic E-state index is -0.466. The van der Waals surface area contributed by atoms with Crippen molar-refractivity contribution in [1.29, 1.82) is 5.41 Å². The zero-order valence-corrected chi connectivity index (χ0v) is 17.1. The Hall–Kier alpha value is -4.53. The molecule has 0 aliphatic heterocycles. The lowest BCUT2D eigenvalue weighted by Crippen LogP contribution is -2.18. The highest BCUT2D eigenvalue weighted by Crippen LogP contribution is 2.30. The first-order chi connectivity index (χ1) is 15.4. The topological polar surface area (TPSA) is 147 Å². The van der Waals surface area contributed by atoms with Gasteiger partial charge in [-0.05, 0) is 41.3 Å². The monoisotopic (exact) mass is 427 g/mol. The molecule has 0 spiro atoms. The van der Waals surface area contributed by atoms with Gasteiger partial charge >= 0.3 is 5.69 Å². The van der Waals surface area contributed by atoms with Crippen LogP contribution >= 0.6 is 0 Å². The van der Waals surface area contributed by atoms with Gasteiger partial charge in [-0.1, -0.05) is 43.0 Å². The van der Waals surface area contributed by atoms with Gasteiger partial charge in [0.1, 0.15) is 17.4 Å². The fourth-order valence-electron chi connectivity index (χ4n) is 3.44. The average Bonchev–Trinajstić information content (AvgIpc) is 3.19. The highest BCUT2D eigenvalue weighted by molar-refractivity contribution is 5.94. The molecule has 0 aliphatic rings.